The number of fused-ring (bicyclic) bond motifs is 2. The summed E-state index contributed by atoms with van der Waals surface area (Å²) in [5.74, 6) is 1.77. The Morgan fingerprint density at radius 1 is 1.19 bits per heavy atom. The molecule has 0 saturated carbocycles. The SMILES string of the molecule is COc1ccc2ncc(Cl)c(CCN3CCC(NCc4ccc5c(n4)NC(=O)CO5)CC3)c2c1.Cl.Cl.Cl. The molecule has 0 unspecified atom stereocenters. The summed E-state index contributed by atoms with van der Waals surface area (Å²) >= 11 is 6.52. The summed E-state index contributed by atoms with van der Waals surface area (Å²) < 4.78 is 10.8. The summed E-state index contributed by atoms with van der Waals surface area (Å²) in [6, 6.07) is 10.2. The molecule has 2 aromatic heterocycles. The van der Waals surface area contributed by atoms with E-state index in [2.05, 4.69) is 25.5 Å². The van der Waals surface area contributed by atoms with Crippen molar-refractivity contribution in [3.05, 3.63) is 52.8 Å². The van der Waals surface area contributed by atoms with Gasteiger partial charge in [-0.2, -0.15) is 0 Å². The van der Waals surface area contributed by atoms with Crippen molar-refractivity contribution in [1.29, 1.82) is 0 Å². The normalized spacial score (nSPS) is 15.4. The molecular formula is C25H31Cl4N5O3. The van der Waals surface area contributed by atoms with Crippen molar-refractivity contribution in [3.8, 4) is 11.5 Å². The molecule has 37 heavy (non-hydrogen) atoms. The van der Waals surface area contributed by atoms with Crippen LogP contribution in [-0.2, 0) is 17.8 Å². The van der Waals surface area contributed by atoms with Crippen LogP contribution < -0.4 is 20.1 Å². The molecule has 2 N–H and O–H groups in total. The zero-order valence-corrected chi connectivity index (χ0v) is 23.6. The highest BCUT2D eigenvalue weighted by atomic mass is 35.5. The van der Waals surface area contributed by atoms with Crippen LogP contribution in [0.3, 0.4) is 0 Å². The number of methoxy groups -OCH3 is 1. The molecule has 12 heteroatoms. The van der Waals surface area contributed by atoms with Gasteiger partial charge >= 0.3 is 0 Å². The largest absolute Gasteiger partial charge is 0.497 e. The number of ether oxygens (including phenoxy) is 2. The topological polar surface area (TPSA) is 88.6 Å². The van der Waals surface area contributed by atoms with Crippen molar-refractivity contribution in [3.63, 3.8) is 0 Å². The summed E-state index contributed by atoms with van der Waals surface area (Å²) in [4.78, 5) is 23.0. The molecule has 2 aliphatic rings. The summed E-state index contributed by atoms with van der Waals surface area (Å²) in [6.45, 7) is 3.72. The quantitative estimate of drug-likeness (QED) is 0.413. The molecule has 2 aliphatic heterocycles. The molecule has 0 radical (unpaired) electrons. The van der Waals surface area contributed by atoms with E-state index in [4.69, 9.17) is 21.1 Å². The number of aromatic nitrogens is 2. The Balaban J connectivity index is 0.00000160. The zero-order chi connectivity index (χ0) is 23.5. The van der Waals surface area contributed by atoms with E-state index in [-0.39, 0.29) is 49.7 Å². The number of pyridine rings is 2. The Bertz CT molecular complexity index is 1210. The number of piperidine rings is 1. The number of halogens is 4. The van der Waals surface area contributed by atoms with Gasteiger partial charge in [0, 0.05) is 30.7 Å². The molecule has 3 aromatic rings. The van der Waals surface area contributed by atoms with Gasteiger partial charge in [0.15, 0.2) is 18.2 Å². The molecule has 4 heterocycles. The van der Waals surface area contributed by atoms with Crippen molar-refractivity contribution in [2.75, 3.05) is 38.7 Å². The Labute approximate surface area is 240 Å². The third-order valence-electron chi connectivity index (χ3n) is 6.50. The highest BCUT2D eigenvalue weighted by Crippen LogP contribution is 2.29. The van der Waals surface area contributed by atoms with Crippen molar-refractivity contribution < 1.29 is 14.3 Å². The van der Waals surface area contributed by atoms with Crippen molar-refractivity contribution in [1.82, 2.24) is 20.2 Å². The minimum absolute atomic E-state index is 0. The van der Waals surface area contributed by atoms with Gasteiger partial charge in [-0.05, 0) is 68.2 Å². The molecule has 0 aliphatic carbocycles. The van der Waals surface area contributed by atoms with Gasteiger partial charge in [-0.1, -0.05) is 11.6 Å². The predicted molar refractivity (Wildman–Crippen MR) is 153 cm³/mol. The Morgan fingerprint density at radius 2 is 1.97 bits per heavy atom. The number of hydrogen-bond acceptors (Lipinski definition) is 7. The van der Waals surface area contributed by atoms with E-state index in [0.29, 0.717) is 29.2 Å². The van der Waals surface area contributed by atoms with Crippen molar-refractivity contribution in [2.24, 2.45) is 0 Å². The lowest BCUT2D eigenvalue weighted by Gasteiger charge is -2.32. The first-order valence-electron chi connectivity index (χ1n) is 11.6. The lowest BCUT2D eigenvalue weighted by Crippen LogP contribution is -2.43. The molecule has 1 saturated heterocycles. The van der Waals surface area contributed by atoms with Crippen LogP contribution in [-0.4, -0.2) is 60.2 Å². The van der Waals surface area contributed by atoms with Gasteiger partial charge in [0.05, 0.1) is 23.3 Å². The van der Waals surface area contributed by atoms with Gasteiger partial charge in [0.25, 0.3) is 5.91 Å². The molecule has 1 aromatic carbocycles. The Kier molecular flexibility index (Phi) is 11.9. The van der Waals surface area contributed by atoms with E-state index in [1.165, 1.54) is 0 Å². The van der Waals surface area contributed by atoms with E-state index in [1.807, 2.05) is 30.3 Å². The minimum Gasteiger partial charge on any atom is -0.497 e. The summed E-state index contributed by atoms with van der Waals surface area (Å²) in [5.41, 5.74) is 2.95. The number of benzene rings is 1. The van der Waals surface area contributed by atoms with Gasteiger partial charge in [-0.15, -0.1) is 37.2 Å². The first-order valence-corrected chi connectivity index (χ1v) is 12.0. The average molecular weight is 591 g/mol. The number of hydrogen-bond donors (Lipinski definition) is 2. The van der Waals surface area contributed by atoms with Gasteiger partial charge in [0.2, 0.25) is 0 Å². The second kappa shape index (κ2) is 14.2. The number of carbonyl (C=O) groups excluding carboxylic acids is 1. The summed E-state index contributed by atoms with van der Waals surface area (Å²) in [5, 5.41) is 8.14. The Hall–Kier alpha value is -2.07. The second-order valence-corrected chi connectivity index (χ2v) is 9.11. The third kappa shape index (κ3) is 7.50. The van der Waals surface area contributed by atoms with E-state index < -0.39 is 0 Å². The van der Waals surface area contributed by atoms with Crippen LogP contribution in [0.5, 0.6) is 11.5 Å². The first kappa shape index (κ1) is 31.1. The van der Waals surface area contributed by atoms with E-state index >= 15 is 0 Å². The number of amides is 1. The van der Waals surface area contributed by atoms with Gasteiger partial charge in [0.1, 0.15) is 5.75 Å². The lowest BCUT2D eigenvalue weighted by molar-refractivity contribution is -0.118. The summed E-state index contributed by atoms with van der Waals surface area (Å²) in [7, 11) is 1.67. The highest BCUT2D eigenvalue weighted by Gasteiger charge is 2.21. The molecule has 1 amide bonds. The van der Waals surface area contributed by atoms with Gasteiger partial charge in [-0.25, -0.2) is 4.98 Å². The lowest BCUT2D eigenvalue weighted by atomic mass is 10.0. The van der Waals surface area contributed by atoms with Crippen molar-refractivity contribution >= 4 is 71.5 Å². The molecule has 1 fully saturated rings. The summed E-state index contributed by atoms with van der Waals surface area (Å²) in [6.07, 6.45) is 4.76. The third-order valence-corrected chi connectivity index (χ3v) is 6.83. The number of likely N-dealkylation sites (tertiary alicyclic amines) is 1. The van der Waals surface area contributed by atoms with Gasteiger partial charge in [-0.3, -0.25) is 9.78 Å². The molecular weight excluding hydrogens is 560 g/mol. The van der Waals surface area contributed by atoms with E-state index in [9.17, 15) is 4.79 Å². The second-order valence-electron chi connectivity index (χ2n) is 8.70. The molecule has 0 spiro atoms. The van der Waals surface area contributed by atoms with E-state index in [0.717, 1.165) is 66.8 Å². The van der Waals surface area contributed by atoms with Crippen molar-refractivity contribution in [2.45, 2.75) is 31.8 Å². The molecule has 8 nitrogen and oxygen atoms in total. The maximum absolute atomic E-state index is 11.5. The number of anilines is 1. The standard InChI is InChI=1S/C25H28ClN5O3.3ClH/c1-33-18-3-4-22-20(12-18)19(21(26)14-28-22)8-11-31-9-6-16(7-10-31)27-13-17-2-5-23-25(29-17)30-24(32)15-34-23;;;/h2-5,12,14,16,27H,6-11,13,15H2,1H3,(H,29,30,32);3*1H. The smallest absolute Gasteiger partial charge is 0.263 e. The Morgan fingerprint density at radius 3 is 2.73 bits per heavy atom. The van der Waals surface area contributed by atoms with Crippen LogP contribution in [0, 0.1) is 0 Å². The maximum atomic E-state index is 11.5. The molecule has 0 atom stereocenters. The maximum Gasteiger partial charge on any atom is 0.263 e. The van der Waals surface area contributed by atoms with Gasteiger partial charge < -0.3 is 25.0 Å². The predicted octanol–water partition coefficient (Wildman–Crippen LogP) is 4.68. The fourth-order valence-corrected chi connectivity index (χ4v) is 4.81. The van der Waals surface area contributed by atoms with E-state index in [1.54, 1.807) is 13.3 Å². The molecule has 0 bridgehead atoms. The van der Waals surface area contributed by atoms with Crippen LogP contribution in [0.15, 0.2) is 36.5 Å². The molecule has 202 valence electrons. The minimum atomic E-state index is -0.169. The molecule has 5 rings (SSSR count). The average Bonchev–Trinajstić information content (AvgIpc) is 2.87. The first-order chi connectivity index (χ1) is 16.6. The highest BCUT2D eigenvalue weighted by molar-refractivity contribution is 6.32. The van der Waals surface area contributed by atoms with Crippen LogP contribution in [0.4, 0.5) is 5.82 Å². The van der Waals surface area contributed by atoms with Crippen LogP contribution in [0.25, 0.3) is 10.9 Å². The number of nitrogens with zero attached hydrogens (tertiary/aromatic N) is 3. The number of carbonyl (C=O) groups is 1. The number of nitrogens with one attached hydrogen (secondary N) is 2. The fourth-order valence-electron chi connectivity index (χ4n) is 4.57. The number of rotatable bonds is 7. The van der Waals surface area contributed by atoms with Crippen LogP contribution >= 0.6 is 48.8 Å². The zero-order valence-electron chi connectivity index (χ0n) is 20.4. The van der Waals surface area contributed by atoms with Crippen LogP contribution in [0.2, 0.25) is 5.02 Å². The fraction of sp³-hybridized carbons (Fsp3) is 0.400. The van der Waals surface area contributed by atoms with Crippen LogP contribution in [0.1, 0.15) is 24.1 Å². The monoisotopic (exact) mass is 589 g/mol.